The molecule has 2 amide bonds. The van der Waals surface area contributed by atoms with E-state index < -0.39 is 78.5 Å². The predicted octanol–water partition coefficient (Wildman–Crippen LogP) is 5.81. The van der Waals surface area contributed by atoms with Crippen LogP contribution in [0.4, 0.5) is 18.9 Å². The number of morpholine rings is 1. The van der Waals surface area contributed by atoms with E-state index >= 15 is 0 Å². The second-order valence-corrected chi connectivity index (χ2v) is 21.1. The number of halogens is 3. The van der Waals surface area contributed by atoms with Gasteiger partial charge in [0, 0.05) is 60.4 Å². The van der Waals surface area contributed by atoms with E-state index in [1.165, 1.54) is 25.4 Å². The first kappa shape index (κ1) is 71.0. The summed E-state index contributed by atoms with van der Waals surface area (Å²) in [5, 5.41) is 73.6. The number of fused-ring (bicyclic) bond motifs is 2. The number of rotatable bonds is 20. The largest absolute Gasteiger partial charge is 0.507 e. The van der Waals surface area contributed by atoms with E-state index in [0.717, 1.165) is 78.1 Å². The summed E-state index contributed by atoms with van der Waals surface area (Å²) in [5.74, 6) is -2.90. The first-order valence-corrected chi connectivity index (χ1v) is 28.4. The number of carboxylic acids is 1. The SMILES string of the molecule is COc1c(C)c2c(c(O)c1C/C=C(\C)CCC(=O)O)C(=O)OC2.COc1c(C)c2c(c(O)c1C/C=C(\C)CCC(=O)OCCN1CCOCC1)C(=O)OC2.Cc1oncc1C(=O)Nc1ccc(C(F)(F)F)cc1.NC(=O)c1ncn([C@@H]2O[C@H](CO)[C@@H](O)[C@H]2O)c1O. The molecule has 3 aromatic carbocycles. The quantitative estimate of drug-likeness (QED) is 0.0252. The van der Waals surface area contributed by atoms with Crippen LogP contribution in [0.15, 0.2) is 64.6 Å². The number of imidazole rings is 1. The summed E-state index contributed by atoms with van der Waals surface area (Å²) in [7, 11) is 3.05. The van der Waals surface area contributed by atoms with E-state index in [0.29, 0.717) is 78.2 Å². The van der Waals surface area contributed by atoms with E-state index in [4.69, 9.17) is 53.6 Å². The summed E-state index contributed by atoms with van der Waals surface area (Å²) in [5.41, 5.74) is 10.6. The number of hydrogen-bond donors (Lipinski definition) is 9. The average Bonchev–Trinajstić information content (AvgIpc) is 1.74. The van der Waals surface area contributed by atoms with Gasteiger partial charge in [-0.05, 0) is 95.7 Å². The highest BCUT2D eigenvalue weighted by Gasteiger charge is 2.45. The van der Waals surface area contributed by atoms with Gasteiger partial charge >= 0.3 is 30.1 Å². The van der Waals surface area contributed by atoms with Crippen LogP contribution in [-0.2, 0) is 65.5 Å². The molecular formula is C61H73F3N6O21. The monoisotopic (exact) mass is 1280 g/mol. The number of aryl methyl sites for hydroxylation is 1. The smallest absolute Gasteiger partial charge is 0.416 e. The number of cyclic esters (lactones) is 2. The number of ether oxygens (including phenoxy) is 7. The van der Waals surface area contributed by atoms with Crippen LogP contribution < -0.4 is 20.5 Å². The van der Waals surface area contributed by atoms with Crippen LogP contribution in [0.5, 0.6) is 28.9 Å². The Bertz CT molecular complexity index is 3500. The first-order valence-electron chi connectivity index (χ1n) is 28.4. The molecule has 2 fully saturated rings. The van der Waals surface area contributed by atoms with Crippen molar-refractivity contribution in [1.29, 1.82) is 0 Å². The van der Waals surface area contributed by atoms with E-state index in [-0.39, 0.29) is 65.2 Å². The van der Waals surface area contributed by atoms with Gasteiger partial charge in [0.1, 0.15) is 89.9 Å². The van der Waals surface area contributed by atoms with Crippen molar-refractivity contribution in [2.24, 2.45) is 5.73 Å². The van der Waals surface area contributed by atoms with Gasteiger partial charge in [-0.15, -0.1) is 0 Å². The minimum atomic E-state index is -4.40. The van der Waals surface area contributed by atoms with E-state index in [2.05, 4.69) is 20.4 Å². The number of hydrogen-bond acceptors (Lipinski definition) is 23. The number of aromatic nitrogens is 3. The molecule has 2 saturated heterocycles. The van der Waals surface area contributed by atoms with Crippen molar-refractivity contribution in [3.63, 3.8) is 0 Å². The number of anilines is 1. The molecule has 4 atom stereocenters. The minimum absolute atomic E-state index is 0.0565. The number of primary amides is 1. The molecule has 4 aliphatic heterocycles. The number of carbonyl (C=O) groups is 6. The molecule has 494 valence electrons. The normalized spacial score (nSPS) is 17.8. The molecule has 9 rings (SSSR count). The number of carbonyl (C=O) groups excluding carboxylic acids is 5. The lowest BCUT2D eigenvalue weighted by Crippen LogP contribution is -2.38. The number of carboxylic acid groups (broad SMARTS) is 1. The Labute approximate surface area is 519 Å². The Morgan fingerprint density at radius 2 is 1.35 bits per heavy atom. The number of benzene rings is 3. The van der Waals surface area contributed by atoms with Crippen molar-refractivity contribution >= 4 is 41.4 Å². The zero-order valence-electron chi connectivity index (χ0n) is 50.9. The van der Waals surface area contributed by atoms with E-state index in [1.807, 2.05) is 39.8 Å². The standard InChI is InChI=1S/C23H31NO7.C17H20O6.C12H9F3N2O2.C9H13N3O6/c1-15(5-7-19(25)30-13-10-24-8-11-29-12-9-24)4-6-17-21(26)20-18(14-31-23(20)27)16(2)22(17)28-3;1-9(5-7-13(18)19)4-6-11-15(20)14-12(8-23-17(14)21)10(2)16(11)22-3;1-7-10(6-16-19-7)11(18)17-9-4-2-8(3-5-9)12(13,14)15;10-7(16)4-8(17)12(2-11-4)9-6(15)5(14)3(1-13)18-9/h4,26H,5-14H2,1-3H3;4,20H,5-8H2,1-3H3,(H,18,19);2-6H,1H3,(H,17,18);2-3,5-6,9,13-15,17H,1H2,(H2,10,16)/b15-4+;9-4+;;/t;;;3-,5-,6-,9-/m...1/s1. The third-order valence-corrected chi connectivity index (χ3v) is 15.1. The molecular weight excluding hydrogens is 1210 g/mol. The molecule has 4 aliphatic rings. The number of nitrogens with one attached hydrogen (secondary N) is 1. The first-order chi connectivity index (χ1) is 43.1. The minimum Gasteiger partial charge on any atom is -0.507 e. The van der Waals surface area contributed by atoms with Crippen molar-refractivity contribution in [2.75, 3.05) is 65.6 Å². The number of phenolic OH excluding ortho intramolecular Hbond substituents is 2. The number of nitrogens with zero attached hydrogens (tertiary/aromatic N) is 4. The van der Waals surface area contributed by atoms with Gasteiger partial charge in [-0.25, -0.2) is 14.6 Å². The Balaban J connectivity index is 0.000000198. The molecule has 27 nitrogen and oxygen atoms in total. The number of phenols is 2. The Kier molecular flexibility index (Phi) is 25.0. The summed E-state index contributed by atoms with van der Waals surface area (Å²) < 4.78 is 79.5. The molecule has 6 heterocycles. The van der Waals surface area contributed by atoms with Crippen LogP contribution in [0.25, 0.3) is 0 Å². The zero-order chi connectivity index (χ0) is 67.0. The number of alkyl halides is 3. The van der Waals surface area contributed by atoms with Gasteiger partial charge in [0.25, 0.3) is 11.8 Å². The van der Waals surface area contributed by atoms with Crippen LogP contribution in [0.2, 0.25) is 0 Å². The summed E-state index contributed by atoms with van der Waals surface area (Å²) in [6.45, 7) is 13.1. The van der Waals surface area contributed by atoms with Gasteiger partial charge in [-0.1, -0.05) is 28.5 Å². The number of aliphatic hydroxyl groups is 3. The lowest BCUT2D eigenvalue weighted by molar-refractivity contribution is -0.144. The van der Waals surface area contributed by atoms with Crippen LogP contribution in [0.1, 0.15) is 132 Å². The molecule has 91 heavy (non-hydrogen) atoms. The molecule has 30 heteroatoms. The van der Waals surface area contributed by atoms with Crippen LogP contribution >= 0.6 is 0 Å². The van der Waals surface area contributed by atoms with Gasteiger partial charge in [-0.2, -0.15) is 13.2 Å². The van der Waals surface area contributed by atoms with Crippen LogP contribution in [0, 0.1) is 20.8 Å². The summed E-state index contributed by atoms with van der Waals surface area (Å²) >= 11 is 0. The highest BCUT2D eigenvalue weighted by atomic mass is 19.4. The van der Waals surface area contributed by atoms with Gasteiger partial charge < -0.3 is 84.5 Å². The third-order valence-electron chi connectivity index (χ3n) is 15.1. The summed E-state index contributed by atoms with van der Waals surface area (Å²) in [6, 6.07) is 4.17. The van der Waals surface area contributed by atoms with Crippen LogP contribution in [-0.4, -0.2) is 170 Å². The molecule has 10 N–H and O–H groups in total. The number of aromatic hydroxyl groups is 3. The average molecular weight is 1280 g/mol. The molecule has 0 radical (unpaired) electrons. The number of amides is 2. The summed E-state index contributed by atoms with van der Waals surface area (Å²) in [6.07, 6.45) is -1.06. The summed E-state index contributed by atoms with van der Waals surface area (Å²) in [4.78, 5) is 74.9. The number of esters is 3. The lowest BCUT2D eigenvalue weighted by atomic mass is 9.94. The van der Waals surface area contributed by atoms with Crippen molar-refractivity contribution in [2.45, 2.75) is 117 Å². The van der Waals surface area contributed by atoms with Crippen molar-refractivity contribution in [3.05, 3.63) is 127 Å². The third kappa shape index (κ3) is 17.9. The lowest BCUT2D eigenvalue weighted by Gasteiger charge is -2.26. The Morgan fingerprint density at radius 3 is 1.80 bits per heavy atom. The maximum absolute atomic E-state index is 12.4. The molecule has 0 unspecified atom stereocenters. The van der Waals surface area contributed by atoms with Gasteiger partial charge in [0.15, 0.2) is 11.9 Å². The van der Waals surface area contributed by atoms with Gasteiger partial charge in [0.05, 0.1) is 45.8 Å². The number of nitrogens with two attached hydrogens (primary N) is 1. The van der Waals surface area contributed by atoms with E-state index in [9.17, 15) is 67.5 Å². The molecule has 0 spiro atoms. The van der Waals surface area contributed by atoms with Crippen LogP contribution in [0.3, 0.4) is 0 Å². The fourth-order valence-electron chi connectivity index (χ4n) is 9.88. The van der Waals surface area contributed by atoms with Gasteiger partial charge in [-0.3, -0.25) is 28.6 Å². The number of aliphatic carboxylic acids is 1. The van der Waals surface area contributed by atoms with E-state index in [1.54, 1.807) is 14.0 Å². The molecule has 0 aliphatic carbocycles. The number of aliphatic hydroxyl groups excluding tert-OH is 3. The topological polar surface area (TPSA) is 394 Å². The van der Waals surface area contributed by atoms with Crippen molar-refractivity contribution in [1.82, 2.24) is 19.6 Å². The molecule has 0 bridgehead atoms. The predicted molar refractivity (Wildman–Crippen MR) is 312 cm³/mol. The Morgan fingerprint density at radius 1 is 0.813 bits per heavy atom. The maximum atomic E-state index is 12.4. The fourth-order valence-corrected chi connectivity index (χ4v) is 9.88. The van der Waals surface area contributed by atoms with Gasteiger partial charge in [0.2, 0.25) is 5.88 Å². The second-order valence-electron chi connectivity index (χ2n) is 21.1. The highest BCUT2D eigenvalue weighted by Crippen LogP contribution is 2.44. The Hall–Kier alpha value is -9.07. The number of allylic oxidation sites excluding steroid dienone is 4. The number of methoxy groups -OCH3 is 2. The zero-order valence-corrected chi connectivity index (χ0v) is 50.9. The molecule has 2 aromatic heterocycles. The second kappa shape index (κ2) is 32.1. The molecule has 0 saturated carbocycles. The van der Waals surface area contributed by atoms with Crippen molar-refractivity contribution < 1.29 is 115 Å². The highest BCUT2D eigenvalue weighted by molar-refractivity contribution is 6.04. The maximum Gasteiger partial charge on any atom is 0.416 e. The fraction of sp³-hybridized carbons (Fsp3) is 0.443. The van der Waals surface area contributed by atoms with Crippen molar-refractivity contribution in [3.8, 4) is 28.9 Å². The molecule has 5 aromatic rings.